The summed E-state index contributed by atoms with van der Waals surface area (Å²) in [6, 6.07) is 9.11. The molecule has 76 valence electrons. The van der Waals surface area contributed by atoms with Gasteiger partial charge in [-0.3, -0.25) is 0 Å². The molecule has 1 saturated carbocycles. The summed E-state index contributed by atoms with van der Waals surface area (Å²) in [5, 5.41) is 0.897. The highest BCUT2D eigenvalue weighted by molar-refractivity contribution is 8.00. The number of benzene rings is 1. The maximum Gasteiger partial charge on any atom is 0.00952 e. The van der Waals surface area contributed by atoms with Crippen LogP contribution in [0.4, 0.5) is 0 Å². The van der Waals surface area contributed by atoms with Crippen molar-refractivity contribution in [3.05, 3.63) is 29.8 Å². The molecule has 1 fully saturated rings. The molecule has 14 heavy (non-hydrogen) atoms. The Morgan fingerprint density at radius 3 is 2.50 bits per heavy atom. The lowest BCUT2D eigenvalue weighted by atomic mass is 10.1. The highest BCUT2D eigenvalue weighted by Gasteiger charge is 2.22. The Kier molecular flexibility index (Phi) is 3.14. The minimum Gasteiger partial charge on any atom is -0.328 e. The largest absolute Gasteiger partial charge is 0.328 e. The predicted octanol–water partition coefficient (Wildman–Crippen LogP) is 2.83. The minimum absolute atomic E-state index is 0.261. The van der Waals surface area contributed by atoms with E-state index in [0.29, 0.717) is 0 Å². The Labute approximate surface area is 90.1 Å². The van der Waals surface area contributed by atoms with Crippen molar-refractivity contribution in [2.24, 2.45) is 5.73 Å². The molecule has 1 nitrogen and oxygen atoms in total. The summed E-state index contributed by atoms with van der Waals surface area (Å²) in [6.45, 7) is 2.05. The first-order valence-electron chi connectivity index (χ1n) is 5.25. The van der Waals surface area contributed by atoms with Crippen molar-refractivity contribution in [1.82, 2.24) is 0 Å². The van der Waals surface area contributed by atoms with E-state index in [4.69, 9.17) is 5.73 Å². The molecule has 2 heteroatoms. The second-order valence-corrected chi connectivity index (χ2v) is 5.52. The molecule has 1 aromatic carbocycles. The van der Waals surface area contributed by atoms with Crippen molar-refractivity contribution in [2.75, 3.05) is 0 Å². The fourth-order valence-electron chi connectivity index (χ4n) is 1.45. The molecule has 0 amide bonds. The average molecular weight is 207 g/mol. The molecule has 0 bridgehead atoms. The van der Waals surface area contributed by atoms with Crippen LogP contribution in [0.1, 0.15) is 25.3 Å². The zero-order valence-corrected chi connectivity index (χ0v) is 9.39. The molecular weight excluding hydrogens is 190 g/mol. The summed E-state index contributed by atoms with van der Waals surface area (Å²) in [4.78, 5) is 1.40. The molecule has 1 unspecified atom stereocenters. The van der Waals surface area contributed by atoms with Gasteiger partial charge in [0.25, 0.3) is 0 Å². The molecule has 1 aromatic rings. The number of hydrogen-bond acceptors (Lipinski definition) is 2. The van der Waals surface area contributed by atoms with Gasteiger partial charge in [-0.2, -0.15) is 0 Å². The lowest BCUT2D eigenvalue weighted by Crippen LogP contribution is -2.17. The van der Waals surface area contributed by atoms with Gasteiger partial charge in [-0.05, 0) is 43.9 Å². The third-order valence-electron chi connectivity index (χ3n) is 2.31. The van der Waals surface area contributed by atoms with Crippen LogP contribution >= 0.6 is 11.8 Å². The van der Waals surface area contributed by atoms with Crippen LogP contribution in [0, 0.1) is 0 Å². The van der Waals surface area contributed by atoms with E-state index in [1.165, 1.54) is 23.3 Å². The van der Waals surface area contributed by atoms with Crippen LogP contribution < -0.4 is 5.73 Å². The van der Waals surface area contributed by atoms with Crippen LogP contribution in [0.2, 0.25) is 0 Å². The molecule has 0 radical (unpaired) electrons. The zero-order valence-electron chi connectivity index (χ0n) is 8.57. The van der Waals surface area contributed by atoms with E-state index in [9.17, 15) is 0 Å². The second kappa shape index (κ2) is 4.37. The Hall–Kier alpha value is -0.470. The van der Waals surface area contributed by atoms with E-state index < -0.39 is 0 Å². The van der Waals surface area contributed by atoms with Gasteiger partial charge in [0.1, 0.15) is 0 Å². The summed E-state index contributed by atoms with van der Waals surface area (Å²) in [5.41, 5.74) is 7.10. The topological polar surface area (TPSA) is 26.0 Å². The van der Waals surface area contributed by atoms with Crippen molar-refractivity contribution in [3.63, 3.8) is 0 Å². The third kappa shape index (κ3) is 3.03. The van der Waals surface area contributed by atoms with E-state index in [2.05, 4.69) is 24.3 Å². The summed E-state index contributed by atoms with van der Waals surface area (Å²) >= 11 is 2.01. The lowest BCUT2D eigenvalue weighted by molar-refractivity contribution is 0.737. The first kappa shape index (κ1) is 10.1. The van der Waals surface area contributed by atoms with Gasteiger partial charge in [-0.1, -0.05) is 12.1 Å². The lowest BCUT2D eigenvalue weighted by Gasteiger charge is -2.05. The first-order valence-corrected chi connectivity index (χ1v) is 6.13. The molecule has 1 aliphatic carbocycles. The van der Waals surface area contributed by atoms with Crippen molar-refractivity contribution in [2.45, 2.75) is 42.4 Å². The van der Waals surface area contributed by atoms with Gasteiger partial charge in [0, 0.05) is 16.2 Å². The smallest absolute Gasteiger partial charge is 0.00952 e. The quantitative estimate of drug-likeness (QED) is 0.821. The van der Waals surface area contributed by atoms with Crippen molar-refractivity contribution < 1.29 is 0 Å². The molecule has 0 saturated heterocycles. The first-order chi connectivity index (χ1) is 6.74. The summed E-state index contributed by atoms with van der Waals surface area (Å²) in [7, 11) is 0. The van der Waals surface area contributed by atoms with Crippen LogP contribution in [0.25, 0.3) is 0 Å². The SMILES string of the molecule is CC(N)Cc1ccc(SC2CC2)cc1. The van der Waals surface area contributed by atoms with Gasteiger partial charge < -0.3 is 5.73 Å². The maximum absolute atomic E-state index is 5.75. The zero-order chi connectivity index (χ0) is 9.97. The molecule has 0 spiro atoms. The van der Waals surface area contributed by atoms with Crippen LogP contribution in [0.15, 0.2) is 29.2 Å². The fourth-order valence-corrected chi connectivity index (χ4v) is 2.50. The Balaban J connectivity index is 1.94. The van der Waals surface area contributed by atoms with Gasteiger partial charge >= 0.3 is 0 Å². The highest BCUT2D eigenvalue weighted by Crippen LogP contribution is 2.38. The Morgan fingerprint density at radius 2 is 2.00 bits per heavy atom. The van der Waals surface area contributed by atoms with E-state index in [-0.39, 0.29) is 6.04 Å². The predicted molar refractivity (Wildman–Crippen MR) is 62.7 cm³/mol. The fraction of sp³-hybridized carbons (Fsp3) is 0.500. The Bertz CT molecular complexity index is 265. The normalized spacial score (nSPS) is 18.1. The number of thioether (sulfide) groups is 1. The van der Waals surface area contributed by atoms with Crippen molar-refractivity contribution >= 4 is 11.8 Å². The van der Waals surface area contributed by atoms with E-state index in [0.717, 1.165) is 11.7 Å². The molecule has 0 aromatic heterocycles. The van der Waals surface area contributed by atoms with Gasteiger partial charge in [-0.25, -0.2) is 0 Å². The number of rotatable bonds is 4. The maximum atomic E-state index is 5.75. The molecule has 0 aliphatic heterocycles. The van der Waals surface area contributed by atoms with Crippen molar-refractivity contribution in [1.29, 1.82) is 0 Å². The Morgan fingerprint density at radius 1 is 1.36 bits per heavy atom. The van der Waals surface area contributed by atoms with Gasteiger partial charge in [0.15, 0.2) is 0 Å². The molecule has 2 rings (SSSR count). The van der Waals surface area contributed by atoms with Gasteiger partial charge in [0.05, 0.1) is 0 Å². The van der Waals surface area contributed by atoms with E-state index in [1.54, 1.807) is 0 Å². The standard InChI is InChI=1S/C12H17NS/c1-9(13)8-10-2-4-11(5-3-10)14-12-6-7-12/h2-5,9,12H,6-8,13H2,1H3. The monoisotopic (exact) mass is 207 g/mol. The molecule has 1 atom stereocenters. The van der Waals surface area contributed by atoms with Crippen molar-refractivity contribution in [3.8, 4) is 0 Å². The number of hydrogen-bond donors (Lipinski definition) is 1. The average Bonchev–Trinajstić information content (AvgIpc) is 2.91. The molecule has 1 aliphatic rings. The van der Waals surface area contributed by atoms with Gasteiger partial charge in [-0.15, -0.1) is 11.8 Å². The summed E-state index contributed by atoms with van der Waals surface area (Å²) in [6.07, 6.45) is 3.77. The second-order valence-electron chi connectivity index (χ2n) is 4.14. The molecular formula is C12H17NS. The number of nitrogens with two attached hydrogens (primary N) is 1. The van der Waals surface area contributed by atoms with E-state index in [1.807, 2.05) is 18.7 Å². The molecule has 0 heterocycles. The van der Waals surface area contributed by atoms with Crippen LogP contribution in [0.5, 0.6) is 0 Å². The highest BCUT2D eigenvalue weighted by atomic mass is 32.2. The summed E-state index contributed by atoms with van der Waals surface area (Å²) in [5.74, 6) is 0. The van der Waals surface area contributed by atoms with E-state index >= 15 is 0 Å². The molecule has 2 N–H and O–H groups in total. The van der Waals surface area contributed by atoms with Crippen LogP contribution in [-0.2, 0) is 6.42 Å². The minimum atomic E-state index is 0.261. The van der Waals surface area contributed by atoms with Gasteiger partial charge in [0.2, 0.25) is 0 Å². The van der Waals surface area contributed by atoms with Crippen LogP contribution in [0.3, 0.4) is 0 Å². The summed E-state index contributed by atoms with van der Waals surface area (Å²) < 4.78 is 0. The van der Waals surface area contributed by atoms with Crippen LogP contribution in [-0.4, -0.2) is 11.3 Å². The third-order valence-corrected chi connectivity index (χ3v) is 3.66.